The van der Waals surface area contributed by atoms with Crippen molar-refractivity contribution in [2.45, 2.75) is 19.8 Å². The second-order valence-corrected chi connectivity index (χ2v) is 2.90. The fourth-order valence-electron chi connectivity index (χ4n) is 1.04. The molecule has 1 aromatic rings. The average Bonchev–Trinajstić information content (AvgIpc) is 2.18. The Balaban J connectivity index is 2.68. The second kappa shape index (κ2) is 5.08. The Morgan fingerprint density at radius 2 is 2.36 bits per heavy atom. The molecule has 0 bridgehead atoms. The first-order valence-corrected chi connectivity index (χ1v) is 4.53. The van der Waals surface area contributed by atoms with Crippen LogP contribution in [0.15, 0.2) is 24.3 Å². The van der Waals surface area contributed by atoms with Gasteiger partial charge in [0.25, 0.3) is 0 Å². The molecule has 0 amide bonds. The highest BCUT2D eigenvalue weighted by Crippen LogP contribution is 2.13. The number of hydrogen-bond acceptors (Lipinski definition) is 2. The Morgan fingerprint density at radius 1 is 1.57 bits per heavy atom. The first-order valence-electron chi connectivity index (χ1n) is 4.53. The number of esters is 1. The molecule has 0 unspecified atom stereocenters. The van der Waals surface area contributed by atoms with Gasteiger partial charge in [0.05, 0.1) is 0 Å². The maximum absolute atomic E-state index is 11.1. The molecule has 0 saturated heterocycles. The van der Waals surface area contributed by atoms with Crippen LogP contribution in [0.3, 0.4) is 0 Å². The molecule has 0 aliphatic heterocycles. The largest absolute Gasteiger partial charge is 0.426 e. The van der Waals surface area contributed by atoms with Crippen LogP contribution in [-0.2, 0) is 4.79 Å². The van der Waals surface area contributed by atoms with Gasteiger partial charge < -0.3 is 4.74 Å². The Kier molecular flexibility index (Phi) is 3.75. The monoisotopic (exact) mass is 188 g/mol. The molecule has 0 aromatic heterocycles. The smallest absolute Gasteiger partial charge is 0.311 e. The lowest BCUT2D eigenvalue weighted by atomic mass is 10.2. The van der Waals surface area contributed by atoms with Gasteiger partial charge in [-0.25, -0.2) is 0 Å². The summed E-state index contributed by atoms with van der Waals surface area (Å²) in [6.45, 7) is 1.93. The highest BCUT2D eigenvalue weighted by molar-refractivity contribution is 5.72. The summed E-state index contributed by atoms with van der Waals surface area (Å²) in [7, 11) is 0. The van der Waals surface area contributed by atoms with Gasteiger partial charge in [0.1, 0.15) is 5.75 Å². The fourth-order valence-corrected chi connectivity index (χ4v) is 1.04. The maximum atomic E-state index is 11.1. The van der Waals surface area contributed by atoms with E-state index in [9.17, 15) is 4.79 Å². The van der Waals surface area contributed by atoms with E-state index in [0.717, 1.165) is 6.42 Å². The fraction of sp³-hybridized carbons (Fsp3) is 0.250. The topological polar surface area (TPSA) is 26.3 Å². The van der Waals surface area contributed by atoms with Gasteiger partial charge in [-0.3, -0.25) is 4.79 Å². The molecular formula is C12H12O2. The van der Waals surface area contributed by atoms with E-state index in [0.29, 0.717) is 17.7 Å². The molecule has 0 spiro atoms. The van der Waals surface area contributed by atoms with Gasteiger partial charge >= 0.3 is 5.97 Å². The first kappa shape index (κ1) is 10.3. The van der Waals surface area contributed by atoms with E-state index in [-0.39, 0.29) is 5.97 Å². The van der Waals surface area contributed by atoms with Crippen molar-refractivity contribution in [3.05, 3.63) is 29.8 Å². The predicted octanol–water partition coefficient (Wildman–Crippen LogP) is 2.37. The third-order valence-electron chi connectivity index (χ3n) is 1.69. The quantitative estimate of drug-likeness (QED) is 0.413. The third-order valence-corrected chi connectivity index (χ3v) is 1.69. The first-order chi connectivity index (χ1) is 6.76. The van der Waals surface area contributed by atoms with E-state index in [1.54, 1.807) is 24.3 Å². The summed E-state index contributed by atoms with van der Waals surface area (Å²) in [6, 6.07) is 6.95. The van der Waals surface area contributed by atoms with Crippen molar-refractivity contribution in [1.29, 1.82) is 0 Å². The van der Waals surface area contributed by atoms with Gasteiger partial charge in [0.2, 0.25) is 0 Å². The maximum Gasteiger partial charge on any atom is 0.311 e. The van der Waals surface area contributed by atoms with Crippen LogP contribution in [0.5, 0.6) is 5.75 Å². The molecule has 0 saturated carbocycles. The summed E-state index contributed by atoms with van der Waals surface area (Å²) >= 11 is 0. The van der Waals surface area contributed by atoms with E-state index < -0.39 is 0 Å². The van der Waals surface area contributed by atoms with Gasteiger partial charge in [-0.2, -0.15) is 0 Å². The Bertz CT molecular complexity index is 361. The van der Waals surface area contributed by atoms with Crippen molar-refractivity contribution < 1.29 is 9.53 Å². The number of rotatable bonds is 3. The lowest BCUT2D eigenvalue weighted by molar-refractivity contribution is -0.134. The second-order valence-electron chi connectivity index (χ2n) is 2.90. The van der Waals surface area contributed by atoms with E-state index >= 15 is 0 Å². The molecule has 1 rings (SSSR count). The lowest BCUT2D eigenvalue weighted by Gasteiger charge is -2.02. The van der Waals surface area contributed by atoms with E-state index in [1.165, 1.54) is 0 Å². The van der Waals surface area contributed by atoms with Crippen LogP contribution in [0.1, 0.15) is 25.3 Å². The Morgan fingerprint density at radius 3 is 3.00 bits per heavy atom. The van der Waals surface area contributed by atoms with Crippen LogP contribution in [0.2, 0.25) is 0 Å². The zero-order valence-electron chi connectivity index (χ0n) is 8.12. The van der Waals surface area contributed by atoms with Gasteiger partial charge in [0, 0.05) is 12.0 Å². The number of hydrogen-bond donors (Lipinski definition) is 0. The Labute approximate surface area is 83.9 Å². The standard InChI is InChI=1S/C12H12O2/c1-3-6-12(13)14-11-8-5-7-10(4-2)9-11/h2,5,7-9H,3,6H2,1H3. The lowest BCUT2D eigenvalue weighted by Crippen LogP contribution is -2.06. The van der Waals surface area contributed by atoms with Crippen molar-refractivity contribution in [1.82, 2.24) is 0 Å². The van der Waals surface area contributed by atoms with Crippen molar-refractivity contribution >= 4 is 5.97 Å². The van der Waals surface area contributed by atoms with Crippen LogP contribution >= 0.6 is 0 Å². The van der Waals surface area contributed by atoms with Crippen LogP contribution in [-0.4, -0.2) is 5.97 Å². The molecule has 14 heavy (non-hydrogen) atoms. The molecule has 1 aromatic carbocycles. The zero-order chi connectivity index (χ0) is 10.4. The molecule has 0 aliphatic rings. The molecule has 0 N–H and O–H groups in total. The zero-order valence-corrected chi connectivity index (χ0v) is 8.12. The van der Waals surface area contributed by atoms with Gasteiger partial charge in [-0.05, 0) is 24.6 Å². The van der Waals surface area contributed by atoms with E-state index in [4.69, 9.17) is 11.2 Å². The number of carbonyl (C=O) groups excluding carboxylic acids is 1. The summed E-state index contributed by atoms with van der Waals surface area (Å²) in [5.74, 6) is 2.77. The van der Waals surface area contributed by atoms with Crippen LogP contribution in [0, 0.1) is 12.3 Å². The highest BCUT2D eigenvalue weighted by atomic mass is 16.5. The third kappa shape index (κ3) is 2.95. The number of benzene rings is 1. The Hall–Kier alpha value is -1.75. The predicted molar refractivity (Wildman–Crippen MR) is 54.9 cm³/mol. The summed E-state index contributed by atoms with van der Waals surface area (Å²) in [6.07, 6.45) is 6.43. The molecule has 0 aliphatic carbocycles. The van der Waals surface area contributed by atoms with Crippen LogP contribution in [0.4, 0.5) is 0 Å². The van der Waals surface area contributed by atoms with Crippen molar-refractivity contribution in [2.75, 3.05) is 0 Å². The van der Waals surface area contributed by atoms with Crippen LogP contribution in [0.25, 0.3) is 0 Å². The molecule has 0 heterocycles. The minimum Gasteiger partial charge on any atom is -0.426 e. The highest BCUT2D eigenvalue weighted by Gasteiger charge is 2.02. The molecule has 0 fully saturated rings. The van der Waals surface area contributed by atoms with Gasteiger partial charge in [-0.15, -0.1) is 6.42 Å². The molecule has 2 heteroatoms. The number of carbonyl (C=O) groups is 1. The summed E-state index contributed by atoms with van der Waals surface area (Å²) in [5.41, 5.74) is 0.715. The molecule has 0 atom stereocenters. The average molecular weight is 188 g/mol. The minimum atomic E-state index is -0.221. The normalized spacial score (nSPS) is 9.14. The molecule has 72 valence electrons. The molecule has 2 nitrogen and oxygen atoms in total. The van der Waals surface area contributed by atoms with Crippen LogP contribution < -0.4 is 4.74 Å². The van der Waals surface area contributed by atoms with E-state index in [1.807, 2.05) is 6.92 Å². The number of ether oxygens (including phenoxy) is 1. The van der Waals surface area contributed by atoms with Crippen molar-refractivity contribution in [3.63, 3.8) is 0 Å². The minimum absolute atomic E-state index is 0.221. The molecular weight excluding hydrogens is 176 g/mol. The van der Waals surface area contributed by atoms with Crippen molar-refractivity contribution in [3.8, 4) is 18.1 Å². The van der Waals surface area contributed by atoms with Crippen molar-refractivity contribution in [2.24, 2.45) is 0 Å². The van der Waals surface area contributed by atoms with E-state index in [2.05, 4.69) is 5.92 Å². The summed E-state index contributed by atoms with van der Waals surface area (Å²) in [5, 5.41) is 0. The SMILES string of the molecule is C#Cc1cccc(OC(=O)CCC)c1. The summed E-state index contributed by atoms with van der Waals surface area (Å²) in [4.78, 5) is 11.1. The number of terminal acetylenes is 1. The van der Waals surface area contributed by atoms with Gasteiger partial charge in [0.15, 0.2) is 0 Å². The summed E-state index contributed by atoms with van der Waals surface area (Å²) < 4.78 is 5.06. The molecule has 0 radical (unpaired) electrons. The van der Waals surface area contributed by atoms with Gasteiger partial charge in [-0.1, -0.05) is 18.9 Å².